The van der Waals surface area contributed by atoms with Crippen molar-refractivity contribution in [3.63, 3.8) is 0 Å². The van der Waals surface area contributed by atoms with Gasteiger partial charge in [0.05, 0.1) is 0 Å². The minimum Gasteiger partial charge on any atom is -0.487 e. The smallest absolute Gasteiger partial charge is 0.123 e. The summed E-state index contributed by atoms with van der Waals surface area (Å²) in [6.07, 6.45) is 6.22. The van der Waals surface area contributed by atoms with E-state index in [1.54, 1.807) is 0 Å². The van der Waals surface area contributed by atoms with Gasteiger partial charge >= 0.3 is 0 Å². The Hall–Kier alpha value is -1.28. The molecule has 0 fully saturated rings. The molecule has 0 N–H and O–H groups in total. The summed E-state index contributed by atoms with van der Waals surface area (Å²) in [5, 5.41) is 0. The van der Waals surface area contributed by atoms with Crippen molar-refractivity contribution in [3.05, 3.63) is 69.9 Å². The zero-order valence-electron chi connectivity index (χ0n) is 11.9. The molecule has 1 heterocycles. The van der Waals surface area contributed by atoms with E-state index >= 15 is 0 Å². The van der Waals surface area contributed by atoms with Crippen molar-refractivity contribution in [2.75, 3.05) is 0 Å². The lowest BCUT2D eigenvalue weighted by atomic mass is 9.77. The average Bonchev–Trinajstić information content (AvgIpc) is 2.36. The Morgan fingerprint density at radius 1 is 1.35 bits per heavy atom. The van der Waals surface area contributed by atoms with E-state index in [1.165, 1.54) is 16.7 Å². The molecule has 1 aliphatic heterocycles. The summed E-state index contributed by atoms with van der Waals surface area (Å²) in [5.74, 6) is 1.36. The molecule has 0 saturated carbocycles. The lowest BCUT2D eigenvalue weighted by molar-refractivity contribution is 0.0308. The van der Waals surface area contributed by atoms with Gasteiger partial charge in [-0.15, -0.1) is 0 Å². The molecule has 1 aromatic carbocycles. The first-order valence-electron chi connectivity index (χ1n) is 7.00. The standard InChI is InChI=1S/C18H19BrO/c1-12-11-18(2,3)20-16-9-5-8-15(17(12)16)13-6-4-7-14(19)10-13/h4-7,9-10,15H,1,8,11H2,2-3H3/t15-/m1/s1. The van der Waals surface area contributed by atoms with Crippen LogP contribution in [0.1, 0.15) is 38.2 Å². The van der Waals surface area contributed by atoms with Crippen LogP contribution in [-0.4, -0.2) is 5.60 Å². The predicted octanol–water partition coefficient (Wildman–Crippen LogP) is 5.50. The third kappa shape index (κ3) is 2.49. The second-order valence-corrected chi connectivity index (χ2v) is 7.08. The van der Waals surface area contributed by atoms with Crippen LogP contribution in [0.2, 0.25) is 0 Å². The van der Waals surface area contributed by atoms with Crippen molar-refractivity contribution in [3.8, 4) is 0 Å². The Labute approximate surface area is 129 Å². The van der Waals surface area contributed by atoms with E-state index in [4.69, 9.17) is 4.74 Å². The molecule has 0 unspecified atom stereocenters. The highest BCUT2D eigenvalue weighted by Gasteiger charge is 2.35. The molecule has 1 aliphatic carbocycles. The number of benzene rings is 1. The number of ether oxygens (including phenoxy) is 1. The van der Waals surface area contributed by atoms with E-state index in [0.717, 1.165) is 23.1 Å². The third-order valence-corrected chi connectivity index (χ3v) is 4.41. The van der Waals surface area contributed by atoms with Crippen LogP contribution in [0.3, 0.4) is 0 Å². The first-order valence-corrected chi connectivity index (χ1v) is 7.79. The van der Waals surface area contributed by atoms with Crippen molar-refractivity contribution in [1.29, 1.82) is 0 Å². The maximum Gasteiger partial charge on any atom is 0.123 e. The molecule has 0 spiro atoms. The van der Waals surface area contributed by atoms with Crippen LogP contribution in [0.4, 0.5) is 0 Å². The van der Waals surface area contributed by atoms with Crippen molar-refractivity contribution in [2.45, 2.75) is 38.2 Å². The van der Waals surface area contributed by atoms with Gasteiger partial charge in [-0.1, -0.05) is 40.7 Å². The van der Waals surface area contributed by atoms with Crippen LogP contribution < -0.4 is 0 Å². The van der Waals surface area contributed by atoms with E-state index in [2.05, 4.69) is 72.8 Å². The summed E-state index contributed by atoms with van der Waals surface area (Å²) in [6.45, 7) is 8.56. The molecule has 20 heavy (non-hydrogen) atoms. The van der Waals surface area contributed by atoms with Crippen LogP contribution in [0, 0.1) is 0 Å². The van der Waals surface area contributed by atoms with E-state index in [0.29, 0.717) is 5.92 Å². The highest BCUT2D eigenvalue weighted by Crippen LogP contribution is 2.45. The number of hydrogen-bond acceptors (Lipinski definition) is 1. The molecule has 2 heteroatoms. The van der Waals surface area contributed by atoms with E-state index in [1.807, 2.05) is 0 Å². The summed E-state index contributed by atoms with van der Waals surface area (Å²) in [7, 11) is 0. The summed E-state index contributed by atoms with van der Waals surface area (Å²) < 4.78 is 7.27. The molecule has 0 bridgehead atoms. The first-order chi connectivity index (χ1) is 9.46. The summed E-state index contributed by atoms with van der Waals surface area (Å²) in [5.41, 5.74) is 3.66. The molecule has 0 saturated heterocycles. The molecule has 1 nitrogen and oxygen atoms in total. The van der Waals surface area contributed by atoms with Gasteiger partial charge in [0.2, 0.25) is 0 Å². The molecule has 1 aromatic rings. The van der Waals surface area contributed by atoms with Crippen LogP contribution in [0.25, 0.3) is 0 Å². The molecule has 0 amide bonds. The predicted molar refractivity (Wildman–Crippen MR) is 86.6 cm³/mol. The van der Waals surface area contributed by atoms with Gasteiger partial charge in [0.25, 0.3) is 0 Å². The quantitative estimate of drug-likeness (QED) is 0.660. The first kappa shape index (κ1) is 13.7. The Kier molecular flexibility index (Phi) is 3.37. The molecule has 2 aliphatic rings. The van der Waals surface area contributed by atoms with Gasteiger partial charge in [0.1, 0.15) is 11.4 Å². The van der Waals surface area contributed by atoms with Crippen LogP contribution in [0.5, 0.6) is 0 Å². The SMILES string of the molecule is C=C1CC(C)(C)OC2=C1[C@@H](c1cccc(Br)c1)CC=C2. The van der Waals surface area contributed by atoms with E-state index in [-0.39, 0.29) is 5.60 Å². The zero-order valence-corrected chi connectivity index (χ0v) is 13.5. The number of hydrogen-bond donors (Lipinski definition) is 0. The second-order valence-electron chi connectivity index (χ2n) is 6.17. The maximum atomic E-state index is 6.15. The van der Waals surface area contributed by atoms with E-state index in [9.17, 15) is 0 Å². The second kappa shape index (κ2) is 4.92. The van der Waals surface area contributed by atoms with Crippen molar-refractivity contribution in [1.82, 2.24) is 0 Å². The lowest BCUT2D eigenvalue weighted by Gasteiger charge is -2.39. The van der Waals surface area contributed by atoms with Gasteiger partial charge < -0.3 is 4.74 Å². The minimum atomic E-state index is -0.153. The topological polar surface area (TPSA) is 9.23 Å². The summed E-state index contributed by atoms with van der Waals surface area (Å²) in [6, 6.07) is 8.54. The number of allylic oxidation sites excluding steroid dienone is 3. The highest BCUT2D eigenvalue weighted by molar-refractivity contribution is 9.10. The normalized spacial score (nSPS) is 24.4. The van der Waals surface area contributed by atoms with Gasteiger partial charge in [-0.05, 0) is 49.6 Å². The lowest BCUT2D eigenvalue weighted by Crippen LogP contribution is -2.31. The Morgan fingerprint density at radius 3 is 2.90 bits per heavy atom. The molecular weight excluding hydrogens is 312 g/mol. The van der Waals surface area contributed by atoms with Crippen molar-refractivity contribution >= 4 is 15.9 Å². The third-order valence-electron chi connectivity index (χ3n) is 3.91. The summed E-state index contributed by atoms with van der Waals surface area (Å²) >= 11 is 3.56. The van der Waals surface area contributed by atoms with Crippen molar-refractivity contribution < 1.29 is 4.74 Å². The minimum absolute atomic E-state index is 0.153. The summed E-state index contributed by atoms with van der Waals surface area (Å²) in [4.78, 5) is 0. The fraction of sp³-hybridized carbons (Fsp3) is 0.333. The van der Waals surface area contributed by atoms with Gasteiger partial charge in [-0.3, -0.25) is 0 Å². The Bertz CT molecular complexity index is 622. The Morgan fingerprint density at radius 2 is 2.15 bits per heavy atom. The average molecular weight is 331 g/mol. The maximum absolute atomic E-state index is 6.15. The monoisotopic (exact) mass is 330 g/mol. The van der Waals surface area contributed by atoms with Gasteiger partial charge in [0.15, 0.2) is 0 Å². The highest BCUT2D eigenvalue weighted by atomic mass is 79.9. The Balaban J connectivity index is 2.05. The fourth-order valence-corrected chi connectivity index (χ4v) is 3.59. The molecular formula is C18H19BrO. The number of rotatable bonds is 1. The van der Waals surface area contributed by atoms with Gasteiger partial charge in [0, 0.05) is 22.4 Å². The van der Waals surface area contributed by atoms with Gasteiger partial charge in [-0.2, -0.15) is 0 Å². The van der Waals surface area contributed by atoms with Crippen LogP contribution >= 0.6 is 15.9 Å². The molecule has 0 radical (unpaired) electrons. The van der Waals surface area contributed by atoms with Crippen LogP contribution in [-0.2, 0) is 4.74 Å². The largest absolute Gasteiger partial charge is 0.487 e. The molecule has 1 atom stereocenters. The van der Waals surface area contributed by atoms with Crippen molar-refractivity contribution in [2.24, 2.45) is 0 Å². The zero-order chi connectivity index (χ0) is 14.3. The molecule has 0 aromatic heterocycles. The molecule has 104 valence electrons. The van der Waals surface area contributed by atoms with E-state index < -0.39 is 0 Å². The number of halogens is 1. The fourth-order valence-electron chi connectivity index (χ4n) is 3.17. The van der Waals surface area contributed by atoms with Gasteiger partial charge in [-0.25, -0.2) is 0 Å². The van der Waals surface area contributed by atoms with Crippen LogP contribution in [0.15, 0.2) is 64.4 Å². The molecule has 3 rings (SSSR count).